The zero-order valence-corrected chi connectivity index (χ0v) is 12.5. The molecular formula is C16H15IO. The minimum absolute atomic E-state index is 0.355. The number of alkyl halides is 1. The van der Waals surface area contributed by atoms with Gasteiger partial charge in [0.1, 0.15) is 11.9 Å². The molecule has 1 atom stereocenters. The third kappa shape index (κ3) is 2.26. The molecule has 3 rings (SSSR count). The molecule has 0 aromatic heterocycles. The largest absolute Gasteiger partial charge is 0.489 e. The lowest BCUT2D eigenvalue weighted by atomic mass is 10.0. The molecule has 1 nitrogen and oxygen atoms in total. The van der Waals surface area contributed by atoms with Gasteiger partial charge in [0.25, 0.3) is 0 Å². The van der Waals surface area contributed by atoms with Crippen LogP contribution in [-0.4, -0.2) is 10.5 Å². The first-order chi connectivity index (χ1) is 8.76. The highest BCUT2D eigenvalue weighted by atomic mass is 127. The summed E-state index contributed by atoms with van der Waals surface area (Å²) in [4.78, 5) is 0. The fourth-order valence-corrected chi connectivity index (χ4v) is 2.80. The quantitative estimate of drug-likeness (QED) is 0.576. The van der Waals surface area contributed by atoms with Gasteiger partial charge in [0.2, 0.25) is 0 Å². The molecule has 1 aliphatic heterocycles. The first-order valence-corrected chi connectivity index (χ1v) is 7.71. The second-order valence-corrected chi connectivity index (χ2v) is 5.67. The lowest BCUT2D eigenvalue weighted by Crippen LogP contribution is -2.13. The molecule has 0 fully saturated rings. The molecule has 92 valence electrons. The summed E-state index contributed by atoms with van der Waals surface area (Å²) >= 11 is 2.39. The van der Waals surface area contributed by atoms with E-state index in [9.17, 15) is 0 Å². The Hall–Kier alpha value is -1.03. The monoisotopic (exact) mass is 350 g/mol. The fraction of sp³-hybridized carbons (Fsp3) is 0.250. The number of fused-ring (bicyclic) bond motifs is 1. The Morgan fingerprint density at radius 2 is 1.83 bits per heavy atom. The van der Waals surface area contributed by atoms with Gasteiger partial charge in [-0.3, -0.25) is 0 Å². The SMILES string of the molecule is Cc1ccc(-c2ccc3c(c2)OC(CI)C3)cc1. The van der Waals surface area contributed by atoms with E-state index in [1.54, 1.807) is 0 Å². The van der Waals surface area contributed by atoms with Crippen molar-refractivity contribution in [2.75, 3.05) is 4.43 Å². The van der Waals surface area contributed by atoms with Crippen LogP contribution in [-0.2, 0) is 6.42 Å². The maximum absolute atomic E-state index is 5.93. The van der Waals surface area contributed by atoms with Crippen LogP contribution in [0.1, 0.15) is 11.1 Å². The van der Waals surface area contributed by atoms with E-state index in [2.05, 4.69) is 72.0 Å². The van der Waals surface area contributed by atoms with E-state index in [-0.39, 0.29) is 0 Å². The molecule has 0 N–H and O–H groups in total. The van der Waals surface area contributed by atoms with E-state index in [0.717, 1.165) is 16.6 Å². The molecule has 2 heteroatoms. The summed E-state index contributed by atoms with van der Waals surface area (Å²) in [7, 11) is 0. The molecule has 0 aliphatic carbocycles. The molecule has 0 saturated heterocycles. The van der Waals surface area contributed by atoms with Crippen molar-refractivity contribution in [1.82, 2.24) is 0 Å². The number of rotatable bonds is 2. The predicted molar refractivity (Wildman–Crippen MR) is 83.6 cm³/mol. The molecule has 0 amide bonds. The molecule has 2 aromatic rings. The van der Waals surface area contributed by atoms with Crippen LogP contribution >= 0.6 is 22.6 Å². The molecule has 2 aromatic carbocycles. The van der Waals surface area contributed by atoms with E-state index < -0.39 is 0 Å². The van der Waals surface area contributed by atoms with Gasteiger partial charge in [-0.25, -0.2) is 0 Å². The third-order valence-electron chi connectivity index (χ3n) is 3.37. The molecule has 0 bridgehead atoms. The summed E-state index contributed by atoms with van der Waals surface area (Å²) in [6.45, 7) is 2.11. The maximum Gasteiger partial charge on any atom is 0.123 e. The van der Waals surface area contributed by atoms with E-state index >= 15 is 0 Å². The second kappa shape index (κ2) is 4.92. The normalized spacial score (nSPS) is 17.3. The van der Waals surface area contributed by atoms with E-state index in [1.165, 1.54) is 22.3 Å². The molecule has 0 spiro atoms. The molecule has 18 heavy (non-hydrogen) atoms. The van der Waals surface area contributed by atoms with Crippen molar-refractivity contribution < 1.29 is 4.74 Å². The summed E-state index contributed by atoms with van der Waals surface area (Å²) in [6, 6.07) is 15.2. The van der Waals surface area contributed by atoms with Gasteiger partial charge in [-0.15, -0.1) is 0 Å². The lowest BCUT2D eigenvalue weighted by Gasteiger charge is -2.07. The number of aryl methyl sites for hydroxylation is 1. The van der Waals surface area contributed by atoms with Gasteiger partial charge in [0, 0.05) is 10.8 Å². The van der Waals surface area contributed by atoms with Crippen LogP contribution in [0.25, 0.3) is 11.1 Å². The van der Waals surface area contributed by atoms with Crippen LogP contribution in [0, 0.1) is 6.92 Å². The standard InChI is InChI=1S/C16H15IO/c1-11-2-4-12(5-3-11)13-6-7-14-8-15(10-17)18-16(14)9-13/h2-7,9,15H,8,10H2,1H3. The number of benzene rings is 2. The topological polar surface area (TPSA) is 9.23 Å². The predicted octanol–water partition coefficient (Wildman–Crippen LogP) is 4.40. The van der Waals surface area contributed by atoms with E-state index in [0.29, 0.717) is 6.10 Å². The van der Waals surface area contributed by atoms with Crippen molar-refractivity contribution in [1.29, 1.82) is 0 Å². The first kappa shape index (κ1) is 12.0. The van der Waals surface area contributed by atoms with Crippen LogP contribution < -0.4 is 4.74 Å². The molecule has 0 radical (unpaired) electrons. The Labute approximate surface area is 121 Å². The van der Waals surface area contributed by atoms with Gasteiger partial charge in [-0.1, -0.05) is 64.6 Å². The number of ether oxygens (including phenoxy) is 1. The van der Waals surface area contributed by atoms with Crippen LogP contribution in [0.2, 0.25) is 0 Å². The molecule has 1 heterocycles. The van der Waals surface area contributed by atoms with Gasteiger partial charge in [0.15, 0.2) is 0 Å². The Morgan fingerprint density at radius 3 is 2.56 bits per heavy atom. The van der Waals surface area contributed by atoms with Crippen molar-refractivity contribution >= 4 is 22.6 Å². The van der Waals surface area contributed by atoms with Crippen molar-refractivity contribution in [3.05, 3.63) is 53.6 Å². The molecule has 1 unspecified atom stereocenters. The fourth-order valence-electron chi connectivity index (χ4n) is 2.31. The van der Waals surface area contributed by atoms with Gasteiger partial charge < -0.3 is 4.74 Å². The van der Waals surface area contributed by atoms with Crippen molar-refractivity contribution in [3.8, 4) is 16.9 Å². The summed E-state index contributed by atoms with van der Waals surface area (Å²) in [5.41, 5.74) is 5.13. The van der Waals surface area contributed by atoms with Crippen molar-refractivity contribution in [3.63, 3.8) is 0 Å². The average Bonchev–Trinajstić information content (AvgIpc) is 2.81. The van der Waals surface area contributed by atoms with Gasteiger partial charge in [0.05, 0.1) is 0 Å². The second-order valence-electron chi connectivity index (χ2n) is 4.79. The summed E-state index contributed by atoms with van der Waals surface area (Å²) in [6.07, 6.45) is 1.40. The smallest absolute Gasteiger partial charge is 0.123 e. The zero-order chi connectivity index (χ0) is 12.5. The minimum atomic E-state index is 0.355. The first-order valence-electron chi connectivity index (χ1n) is 6.19. The number of hydrogen-bond acceptors (Lipinski definition) is 1. The lowest BCUT2D eigenvalue weighted by molar-refractivity contribution is 0.262. The Kier molecular flexibility index (Phi) is 3.29. The number of halogens is 1. The van der Waals surface area contributed by atoms with Gasteiger partial charge in [-0.2, -0.15) is 0 Å². The maximum atomic E-state index is 5.93. The highest BCUT2D eigenvalue weighted by Crippen LogP contribution is 2.33. The average molecular weight is 350 g/mol. The molecular weight excluding hydrogens is 335 g/mol. The van der Waals surface area contributed by atoms with Crippen LogP contribution in [0.15, 0.2) is 42.5 Å². The highest BCUT2D eigenvalue weighted by molar-refractivity contribution is 14.1. The molecule has 0 saturated carbocycles. The van der Waals surface area contributed by atoms with Crippen LogP contribution in [0.5, 0.6) is 5.75 Å². The Bertz CT molecular complexity index is 560. The Balaban J connectivity index is 1.94. The highest BCUT2D eigenvalue weighted by Gasteiger charge is 2.21. The van der Waals surface area contributed by atoms with Crippen molar-refractivity contribution in [2.45, 2.75) is 19.4 Å². The zero-order valence-electron chi connectivity index (χ0n) is 10.3. The minimum Gasteiger partial charge on any atom is -0.489 e. The summed E-state index contributed by atoms with van der Waals surface area (Å²) in [5, 5.41) is 0. The van der Waals surface area contributed by atoms with Gasteiger partial charge >= 0.3 is 0 Å². The van der Waals surface area contributed by atoms with Crippen LogP contribution in [0.4, 0.5) is 0 Å². The van der Waals surface area contributed by atoms with Gasteiger partial charge in [-0.05, 0) is 29.7 Å². The third-order valence-corrected chi connectivity index (χ3v) is 4.35. The molecule has 1 aliphatic rings. The van der Waals surface area contributed by atoms with Crippen molar-refractivity contribution in [2.24, 2.45) is 0 Å². The van der Waals surface area contributed by atoms with E-state index in [4.69, 9.17) is 4.74 Å². The summed E-state index contributed by atoms with van der Waals surface area (Å²) < 4.78 is 6.98. The summed E-state index contributed by atoms with van der Waals surface area (Å²) in [5.74, 6) is 1.06. The Morgan fingerprint density at radius 1 is 1.11 bits per heavy atom. The van der Waals surface area contributed by atoms with E-state index in [1.807, 2.05) is 0 Å². The number of hydrogen-bond donors (Lipinski definition) is 0. The van der Waals surface area contributed by atoms with Crippen LogP contribution in [0.3, 0.4) is 0 Å².